The lowest BCUT2D eigenvalue weighted by Crippen LogP contribution is -2.40. The zero-order valence-corrected chi connectivity index (χ0v) is 29.3. The third kappa shape index (κ3) is 3.91. The van der Waals surface area contributed by atoms with E-state index in [9.17, 15) is 0 Å². The summed E-state index contributed by atoms with van der Waals surface area (Å²) in [5.74, 6) is 0.908. The molecule has 4 nitrogen and oxygen atoms in total. The van der Waals surface area contributed by atoms with Crippen LogP contribution in [0.25, 0.3) is 69.5 Å². The third-order valence-corrected chi connectivity index (χ3v) is 14.1. The quantitative estimate of drug-likeness (QED) is 0.194. The number of thiophene rings is 1. The molecular formula is C44H25N3OS3. The Bertz CT molecular complexity index is 3260. The molecule has 0 saturated carbocycles. The summed E-state index contributed by atoms with van der Waals surface area (Å²) in [5.41, 5.74) is 5.06. The van der Waals surface area contributed by atoms with Crippen LogP contribution in [-0.4, -0.2) is 4.57 Å². The molecule has 240 valence electrons. The molecule has 0 radical (unpaired) electrons. The molecule has 12 rings (SSSR count). The van der Waals surface area contributed by atoms with Crippen molar-refractivity contribution in [1.82, 2.24) is 9.88 Å². The first kappa shape index (κ1) is 28.3. The van der Waals surface area contributed by atoms with Crippen LogP contribution in [0.3, 0.4) is 0 Å². The lowest BCUT2D eigenvalue weighted by atomic mass is 10.00. The summed E-state index contributed by atoms with van der Waals surface area (Å²) < 4.78 is 11.8. The lowest BCUT2D eigenvalue weighted by Gasteiger charge is -2.27. The summed E-state index contributed by atoms with van der Waals surface area (Å²) in [6.45, 7) is 0. The molecule has 7 heteroatoms. The van der Waals surface area contributed by atoms with E-state index in [0.717, 1.165) is 38.6 Å². The van der Waals surface area contributed by atoms with Gasteiger partial charge in [-0.25, -0.2) is 0 Å². The standard InChI is InChI=1S/C44H25N3OS3/c1-2-13-25-24(12-1)36-26-14-3-6-18-30(26)47(39(36)37-28-16-5-8-20-32(28)50-42(25)37)44-40-38(27-15-4-7-19-31(27)48-40)45-43(46-44)29-17-11-23-35-41(29)51-34-22-10-9-21-33(34)49-35/h1-23,43,46H. The van der Waals surface area contributed by atoms with Gasteiger partial charge in [-0.1, -0.05) is 121 Å². The highest BCUT2D eigenvalue weighted by Gasteiger charge is 2.30. The van der Waals surface area contributed by atoms with Gasteiger partial charge in [-0.05, 0) is 47.9 Å². The van der Waals surface area contributed by atoms with Crippen LogP contribution in [0, 0.1) is 0 Å². The first-order chi connectivity index (χ1) is 25.3. The summed E-state index contributed by atoms with van der Waals surface area (Å²) in [5, 5.41) is 13.5. The van der Waals surface area contributed by atoms with Crippen molar-refractivity contribution in [3.63, 3.8) is 0 Å². The minimum atomic E-state index is -0.340. The number of furan rings is 1. The molecule has 7 aromatic carbocycles. The van der Waals surface area contributed by atoms with Crippen molar-refractivity contribution >= 4 is 104 Å². The number of rotatable bonds is 2. The van der Waals surface area contributed by atoms with Crippen molar-refractivity contribution in [2.45, 2.75) is 25.7 Å². The number of fused-ring (bicyclic) bond motifs is 15. The molecule has 0 fully saturated rings. The van der Waals surface area contributed by atoms with Crippen LogP contribution in [-0.2, 0) is 0 Å². The monoisotopic (exact) mass is 707 g/mol. The van der Waals surface area contributed by atoms with Gasteiger partial charge >= 0.3 is 0 Å². The topological polar surface area (TPSA) is 42.5 Å². The summed E-state index contributed by atoms with van der Waals surface area (Å²) >= 11 is 5.56. The molecule has 2 aliphatic rings. The predicted octanol–water partition coefficient (Wildman–Crippen LogP) is 11.2. The van der Waals surface area contributed by atoms with Gasteiger partial charge in [0.1, 0.15) is 17.1 Å². The molecule has 0 amide bonds. The maximum Gasteiger partial charge on any atom is 0.194 e. The highest BCUT2D eigenvalue weighted by atomic mass is 32.2. The van der Waals surface area contributed by atoms with Crippen LogP contribution < -0.4 is 16.1 Å². The highest BCUT2D eigenvalue weighted by Crippen LogP contribution is 2.51. The molecule has 3 aromatic heterocycles. The van der Waals surface area contributed by atoms with Crippen LogP contribution in [0.4, 0.5) is 0 Å². The van der Waals surface area contributed by atoms with Gasteiger partial charge in [0.25, 0.3) is 0 Å². The number of aromatic nitrogens is 1. The summed E-state index contributed by atoms with van der Waals surface area (Å²) in [6.07, 6.45) is -0.340. The van der Waals surface area contributed by atoms with E-state index in [-0.39, 0.29) is 6.17 Å². The van der Waals surface area contributed by atoms with E-state index >= 15 is 0 Å². The first-order valence-electron chi connectivity index (χ1n) is 17.0. The number of hydrogen-bond donors (Lipinski definition) is 1. The van der Waals surface area contributed by atoms with Gasteiger partial charge in [-0.15, -0.1) is 11.3 Å². The Balaban J connectivity index is 1.23. The number of nitrogens with zero attached hydrogens (tertiary/aromatic N) is 2. The van der Waals surface area contributed by atoms with E-state index < -0.39 is 0 Å². The molecule has 1 unspecified atom stereocenters. The highest BCUT2D eigenvalue weighted by molar-refractivity contribution is 8.05. The molecule has 51 heavy (non-hydrogen) atoms. The maximum atomic E-state index is 6.82. The summed E-state index contributed by atoms with van der Waals surface area (Å²) in [7, 11) is 0. The normalized spacial score (nSPS) is 15.4. The molecule has 0 aliphatic carbocycles. The lowest BCUT2D eigenvalue weighted by molar-refractivity contribution is 0.522. The fourth-order valence-corrected chi connectivity index (χ4v) is 11.8. The average molecular weight is 708 g/mol. The Morgan fingerprint density at radius 3 is 2.16 bits per heavy atom. The van der Waals surface area contributed by atoms with E-state index in [1.165, 1.54) is 66.8 Å². The smallest absolute Gasteiger partial charge is 0.194 e. The van der Waals surface area contributed by atoms with Crippen molar-refractivity contribution in [2.24, 2.45) is 4.99 Å². The molecular weight excluding hydrogens is 683 g/mol. The molecule has 2 aliphatic heterocycles. The van der Waals surface area contributed by atoms with Gasteiger partial charge in [0.2, 0.25) is 0 Å². The Hall–Kier alpha value is -5.47. The number of benzene rings is 7. The van der Waals surface area contributed by atoms with E-state index in [1.54, 1.807) is 0 Å². The van der Waals surface area contributed by atoms with Crippen LogP contribution in [0.5, 0.6) is 0 Å². The van der Waals surface area contributed by atoms with Crippen molar-refractivity contribution < 1.29 is 4.42 Å². The third-order valence-electron chi connectivity index (χ3n) is 10.3. The van der Waals surface area contributed by atoms with Gasteiger partial charge in [-0.2, -0.15) is 0 Å². The zero-order chi connectivity index (χ0) is 33.2. The number of para-hydroxylation sites is 2. The van der Waals surface area contributed by atoms with Gasteiger partial charge in [0, 0.05) is 66.9 Å². The van der Waals surface area contributed by atoms with E-state index in [4.69, 9.17) is 9.41 Å². The summed E-state index contributed by atoms with van der Waals surface area (Å²) in [6, 6.07) is 50.1. The number of hydrogen-bond acceptors (Lipinski definition) is 6. The molecule has 0 saturated heterocycles. The Morgan fingerprint density at radius 1 is 0.588 bits per heavy atom. The van der Waals surface area contributed by atoms with E-state index in [1.807, 2.05) is 47.0 Å². The minimum absolute atomic E-state index is 0.340. The fourth-order valence-electron chi connectivity index (χ4n) is 8.13. The average Bonchev–Trinajstić information content (AvgIpc) is 3.87. The van der Waals surface area contributed by atoms with Crippen LogP contribution >= 0.6 is 34.9 Å². The molecule has 5 heterocycles. The first-order valence-corrected chi connectivity index (χ1v) is 19.4. The Labute approximate surface area is 303 Å². The Kier molecular flexibility index (Phi) is 5.83. The van der Waals surface area contributed by atoms with Crippen molar-refractivity contribution in [2.75, 3.05) is 0 Å². The van der Waals surface area contributed by atoms with Crippen LogP contribution in [0.1, 0.15) is 11.7 Å². The minimum Gasteiger partial charge on any atom is -0.451 e. The Morgan fingerprint density at radius 2 is 1.27 bits per heavy atom. The van der Waals surface area contributed by atoms with Crippen molar-refractivity contribution in [1.29, 1.82) is 0 Å². The van der Waals surface area contributed by atoms with Crippen LogP contribution in [0.2, 0.25) is 0 Å². The molecule has 0 spiro atoms. The summed E-state index contributed by atoms with van der Waals surface area (Å²) in [4.78, 5) is 10.6. The second-order valence-corrected chi connectivity index (χ2v) is 16.2. The van der Waals surface area contributed by atoms with Gasteiger partial charge < -0.3 is 9.73 Å². The van der Waals surface area contributed by atoms with Crippen LogP contribution in [0.15, 0.2) is 169 Å². The molecule has 10 aromatic rings. The van der Waals surface area contributed by atoms with E-state index in [2.05, 4.69) is 137 Å². The fraction of sp³-hybridized carbons (Fsp3) is 0.0227. The SMILES string of the molecule is c1ccc2c(c1)Sc1cccc(C3N=c4c(oc5ccccc45)=C(n4c5ccccc5c5c6ccccc6c6sc7ccccc7c6c54)N3)c1S2. The van der Waals surface area contributed by atoms with Crippen molar-refractivity contribution in [3.05, 3.63) is 156 Å². The second-order valence-electron chi connectivity index (χ2n) is 13.0. The molecule has 1 atom stereocenters. The second kappa shape index (κ2) is 10.5. The molecule has 0 bridgehead atoms. The largest absolute Gasteiger partial charge is 0.451 e. The van der Waals surface area contributed by atoms with Gasteiger partial charge in [0.15, 0.2) is 11.2 Å². The molecule has 1 N–H and O–H groups in total. The number of nitrogens with one attached hydrogen (secondary N) is 1. The van der Waals surface area contributed by atoms with Gasteiger partial charge in [-0.3, -0.25) is 9.56 Å². The maximum absolute atomic E-state index is 6.82. The van der Waals surface area contributed by atoms with Crippen molar-refractivity contribution in [3.8, 4) is 0 Å². The predicted molar refractivity (Wildman–Crippen MR) is 213 cm³/mol. The van der Waals surface area contributed by atoms with E-state index in [0.29, 0.717) is 0 Å². The van der Waals surface area contributed by atoms with Gasteiger partial charge in [0.05, 0.1) is 11.0 Å². The zero-order valence-electron chi connectivity index (χ0n) is 26.9.